The van der Waals surface area contributed by atoms with E-state index in [9.17, 15) is 9.50 Å². The first-order chi connectivity index (χ1) is 14.9. The molecule has 0 fully saturated rings. The second-order valence-corrected chi connectivity index (χ2v) is 8.30. The molecule has 0 aliphatic rings. The third kappa shape index (κ3) is 5.93. The van der Waals surface area contributed by atoms with Gasteiger partial charge in [-0.25, -0.2) is 9.07 Å². The van der Waals surface area contributed by atoms with Crippen LogP contribution in [-0.2, 0) is 13.0 Å². The third-order valence-electron chi connectivity index (χ3n) is 4.93. The Balaban J connectivity index is 2.09. The maximum atomic E-state index is 14.4. The molecule has 3 aromatic rings. The molecule has 3 rings (SSSR count). The van der Waals surface area contributed by atoms with Crippen molar-refractivity contribution in [2.75, 3.05) is 13.1 Å². The van der Waals surface area contributed by atoms with Crippen LogP contribution in [0.3, 0.4) is 0 Å². The number of para-hydroxylation sites is 2. The molecule has 5 nitrogen and oxygen atoms in total. The molecule has 1 atom stereocenters. The molecule has 166 valence electrons. The summed E-state index contributed by atoms with van der Waals surface area (Å²) >= 11 is 0. The summed E-state index contributed by atoms with van der Waals surface area (Å²) in [4.78, 5) is 2.20. The van der Waals surface area contributed by atoms with Crippen molar-refractivity contribution in [1.82, 2.24) is 14.7 Å². The van der Waals surface area contributed by atoms with Gasteiger partial charge in [-0.1, -0.05) is 51.1 Å². The number of aliphatic hydroxyl groups excluding tert-OH is 1. The van der Waals surface area contributed by atoms with Gasteiger partial charge in [0.2, 0.25) is 5.88 Å². The minimum absolute atomic E-state index is 0.162. The van der Waals surface area contributed by atoms with Crippen LogP contribution in [0.4, 0.5) is 4.39 Å². The molecule has 0 saturated heterocycles. The lowest BCUT2D eigenvalue weighted by atomic mass is 10.1. The highest BCUT2D eigenvalue weighted by molar-refractivity contribution is 5.44. The van der Waals surface area contributed by atoms with Gasteiger partial charge in [-0.15, -0.1) is 0 Å². The van der Waals surface area contributed by atoms with Crippen LogP contribution in [0.15, 0.2) is 54.6 Å². The van der Waals surface area contributed by atoms with Gasteiger partial charge >= 0.3 is 0 Å². The molecule has 0 unspecified atom stereocenters. The summed E-state index contributed by atoms with van der Waals surface area (Å²) in [6.45, 7) is 10.1. The molecule has 0 aliphatic carbocycles. The first-order valence-electron chi connectivity index (χ1n) is 10.9. The average molecular weight is 426 g/mol. The number of rotatable bonds is 10. The Bertz CT molecular complexity index is 960. The number of halogens is 1. The molecule has 1 aromatic heterocycles. The zero-order valence-electron chi connectivity index (χ0n) is 18.8. The Morgan fingerprint density at radius 2 is 1.71 bits per heavy atom. The van der Waals surface area contributed by atoms with Gasteiger partial charge in [-0.2, -0.15) is 5.10 Å². The third-order valence-corrected chi connectivity index (χ3v) is 4.93. The fourth-order valence-corrected chi connectivity index (χ4v) is 3.72. The Hall–Kier alpha value is -2.70. The molecule has 1 N–H and O–H groups in total. The van der Waals surface area contributed by atoms with Gasteiger partial charge in [0.15, 0.2) is 11.6 Å². The molecule has 0 amide bonds. The highest BCUT2D eigenvalue weighted by Crippen LogP contribution is 2.33. The summed E-state index contributed by atoms with van der Waals surface area (Å²) in [5.74, 6) is 0.682. The number of aliphatic hydroxyl groups is 1. The quantitative estimate of drug-likeness (QED) is 0.485. The lowest BCUT2D eigenvalue weighted by molar-refractivity contribution is 0.114. The fourth-order valence-electron chi connectivity index (χ4n) is 3.72. The van der Waals surface area contributed by atoms with E-state index < -0.39 is 11.9 Å². The lowest BCUT2D eigenvalue weighted by Crippen LogP contribution is -2.33. The van der Waals surface area contributed by atoms with Crippen molar-refractivity contribution in [2.45, 2.75) is 46.8 Å². The van der Waals surface area contributed by atoms with E-state index in [1.807, 2.05) is 30.3 Å². The molecule has 6 heteroatoms. The number of hydrogen-bond donors (Lipinski definition) is 1. The molecule has 2 aromatic carbocycles. The zero-order valence-corrected chi connectivity index (χ0v) is 18.8. The van der Waals surface area contributed by atoms with E-state index in [2.05, 4.69) is 25.7 Å². The van der Waals surface area contributed by atoms with Crippen LogP contribution < -0.4 is 4.74 Å². The van der Waals surface area contributed by atoms with Crippen LogP contribution in [0, 0.1) is 11.7 Å². The van der Waals surface area contributed by atoms with Crippen LogP contribution in [0.2, 0.25) is 0 Å². The molecular weight excluding hydrogens is 393 g/mol. The number of ether oxygens (including phenoxy) is 1. The molecule has 0 saturated carbocycles. The lowest BCUT2D eigenvalue weighted by Gasteiger charge is -2.26. The highest BCUT2D eigenvalue weighted by Gasteiger charge is 2.24. The van der Waals surface area contributed by atoms with Gasteiger partial charge < -0.3 is 9.84 Å². The standard InChI is InChI=1S/C25H32FN3O2/c1-5-23-21(17-28(15-18(2)3)16-19(4)30)25(31-24-14-10-9-13-22(24)26)29(27-23)20-11-7-6-8-12-20/h6-14,18-19,30H,5,15-17H2,1-4H3/t19-/m0/s1. The van der Waals surface area contributed by atoms with Gasteiger partial charge in [0, 0.05) is 19.6 Å². The van der Waals surface area contributed by atoms with Crippen molar-refractivity contribution in [1.29, 1.82) is 0 Å². The second-order valence-electron chi connectivity index (χ2n) is 8.30. The van der Waals surface area contributed by atoms with E-state index in [4.69, 9.17) is 9.84 Å². The maximum Gasteiger partial charge on any atom is 0.227 e. The molecular formula is C25H32FN3O2. The SMILES string of the molecule is CCc1nn(-c2ccccc2)c(Oc2ccccc2F)c1CN(CC(C)C)C[C@H](C)O. The largest absolute Gasteiger partial charge is 0.435 e. The normalized spacial score (nSPS) is 12.5. The van der Waals surface area contributed by atoms with Gasteiger partial charge in [-0.3, -0.25) is 4.90 Å². The molecule has 0 bridgehead atoms. The summed E-state index contributed by atoms with van der Waals surface area (Å²) in [5.41, 5.74) is 2.66. The predicted octanol–water partition coefficient (Wildman–Crippen LogP) is 5.20. The number of aryl methyl sites for hydroxylation is 1. The molecule has 0 spiro atoms. The number of aromatic nitrogens is 2. The van der Waals surface area contributed by atoms with Crippen molar-refractivity contribution in [3.05, 3.63) is 71.7 Å². The van der Waals surface area contributed by atoms with Crippen molar-refractivity contribution in [2.24, 2.45) is 5.92 Å². The van der Waals surface area contributed by atoms with E-state index in [0.717, 1.165) is 23.5 Å². The molecule has 31 heavy (non-hydrogen) atoms. The van der Waals surface area contributed by atoms with Crippen LogP contribution in [0.1, 0.15) is 39.0 Å². The number of hydrogen-bond acceptors (Lipinski definition) is 4. The first kappa shape index (κ1) is 23.0. The summed E-state index contributed by atoms with van der Waals surface area (Å²) in [6, 6.07) is 16.1. The van der Waals surface area contributed by atoms with Gasteiger partial charge in [-0.05, 0) is 43.5 Å². The Labute approximate surface area is 184 Å². The number of benzene rings is 2. The Morgan fingerprint density at radius 1 is 1.03 bits per heavy atom. The van der Waals surface area contributed by atoms with E-state index >= 15 is 0 Å². The van der Waals surface area contributed by atoms with Crippen LogP contribution in [0.5, 0.6) is 11.6 Å². The summed E-state index contributed by atoms with van der Waals surface area (Å²) < 4.78 is 22.3. The maximum absolute atomic E-state index is 14.4. The van der Waals surface area contributed by atoms with Crippen LogP contribution >= 0.6 is 0 Å². The van der Waals surface area contributed by atoms with E-state index in [1.165, 1.54) is 6.07 Å². The summed E-state index contributed by atoms with van der Waals surface area (Å²) in [5, 5.41) is 14.8. The topological polar surface area (TPSA) is 50.5 Å². The Morgan fingerprint density at radius 3 is 2.32 bits per heavy atom. The summed E-state index contributed by atoms with van der Waals surface area (Å²) in [7, 11) is 0. The monoisotopic (exact) mass is 425 g/mol. The number of nitrogens with zero attached hydrogens (tertiary/aromatic N) is 3. The van der Waals surface area contributed by atoms with Crippen LogP contribution in [0.25, 0.3) is 5.69 Å². The minimum atomic E-state index is -0.455. The van der Waals surface area contributed by atoms with E-state index in [-0.39, 0.29) is 5.75 Å². The minimum Gasteiger partial charge on any atom is -0.435 e. The smallest absolute Gasteiger partial charge is 0.227 e. The van der Waals surface area contributed by atoms with Crippen LogP contribution in [-0.4, -0.2) is 39.0 Å². The van der Waals surface area contributed by atoms with Crippen molar-refractivity contribution < 1.29 is 14.2 Å². The zero-order chi connectivity index (χ0) is 22.4. The van der Waals surface area contributed by atoms with Gasteiger partial charge in [0.1, 0.15) is 0 Å². The van der Waals surface area contributed by atoms with E-state index in [1.54, 1.807) is 29.8 Å². The molecule has 1 heterocycles. The van der Waals surface area contributed by atoms with Gasteiger partial charge in [0.05, 0.1) is 23.0 Å². The molecule has 0 aliphatic heterocycles. The van der Waals surface area contributed by atoms with Crippen molar-refractivity contribution >= 4 is 0 Å². The van der Waals surface area contributed by atoms with E-state index in [0.29, 0.717) is 31.3 Å². The van der Waals surface area contributed by atoms with Crippen molar-refractivity contribution in [3.8, 4) is 17.3 Å². The average Bonchev–Trinajstić information content (AvgIpc) is 3.06. The second kappa shape index (κ2) is 10.6. The first-order valence-corrected chi connectivity index (χ1v) is 10.9. The highest BCUT2D eigenvalue weighted by atomic mass is 19.1. The predicted molar refractivity (Wildman–Crippen MR) is 121 cm³/mol. The Kier molecular flexibility index (Phi) is 7.82. The summed E-state index contributed by atoms with van der Waals surface area (Å²) in [6.07, 6.45) is 0.261. The molecule has 0 radical (unpaired) electrons. The van der Waals surface area contributed by atoms with Crippen molar-refractivity contribution in [3.63, 3.8) is 0 Å². The fraction of sp³-hybridized carbons (Fsp3) is 0.400. The van der Waals surface area contributed by atoms with Gasteiger partial charge in [0.25, 0.3) is 0 Å².